The highest BCUT2D eigenvalue weighted by atomic mass is 16.5. The summed E-state index contributed by atoms with van der Waals surface area (Å²) in [7, 11) is 0. The van der Waals surface area contributed by atoms with Crippen LogP contribution in [-0.2, 0) is 4.79 Å². The number of carbonyl (C=O) groups is 1. The average Bonchev–Trinajstić information content (AvgIpc) is 2.54. The number of para-hydroxylation sites is 2. The Bertz CT molecular complexity index is 714. The standard InChI is InChI=1S/C16H14N2O3/c19-16-15(21-14-4-2-1-3-11(14)18-16)10-5-6-13-12(9-10)17-7-8-20-13/h1-6,9,15,17H,7-8H2,(H,18,19). The van der Waals surface area contributed by atoms with Crippen molar-refractivity contribution < 1.29 is 14.3 Å². The summed E-state index contributed by atoms with van der Waals surface area (Å²) in [6.07, 6.45) is -0.645. The second kappa shape index (κ2) is 4.70. The van der Waals surface area contributed by atoms with Crippen molar-refractivity contribution >= 4 is 17.3 Å². The van der Waals surface area contributed by atoms with Crippen molar-refractivity contribution in [1.29, 1.82) is 0 Å². The molecule has 0 saturated heterocycles. The number of carbonyl (C=O) groups excluding carboxylic acids is 1. The lowest BCUT2D eigenvalue weighted by molar-refractivity contribution is -0.123. The number of amides is 1. The van der Waals surface area contributed by atoms with Gasteiger partial charge in [-0.3, -0.25) is 4.79 Å². The minimum absolute atomic E-state index is 0.162. The molecule has 21 heavy (non-hydrogen) atoms. The Morgan fingerprint density at radius 2 is 1.95 bits per heavy atom. The van der Waals surface area contributed by atoms with E-state index in [1.807, 2.05) is 42.5 Å². The smallest absolute Gasteiger partial charge is 0.270 e. The first-order valence-electron chi connectivity index (χ1n) is 6.88. The highest BCUT2D eigenvalue weighted by Gasteiger charge is 2.29. The van der Waals surface area contributed by atoms with Gasteiger partial charge in [0.2, 0.25) is 6.10 Å². The molecular formula is C16H14N2O3. The highest BCUT2D eigenvalue weighted by Crippen LogP contribution is 2.37. The van der Waals surface area contributed by atoms with Crippen LogP contribution in [0.25, 0.3) is 0 Å². The van der Waals surface area contributed by atoms with Gasteiger partial charge in [0, 0.05) is 12.1 Å². The highest BCUT2D eigenvalue weighted by molar-refractivity contribution is 5.98. The molecule has 2 heterocycles. The van der Waals surface area contributed by atoms with Crippen LogP contribution in [0.15, 0.2) is 42.5 Å². The zero-order valence-electron chi connectivity index (χ0n) is 11.3. The summed E-state index contributed by atoms with van der Waals surface area (Å²) in [4.78, 5) is 12.2. The molecule has 4 rings (SSSR count). The van der Waals surface area contributed by atoms with E-state index in [1.54, 1.807) is 0 Å². The Balaban J connectivity index is 1.69. The van der Waals surface area contributed by atoms with Crippen LogP contribution in [0.2, 0.25) is 0 Å². The van der Waals surface area contributed by atoms with Crippen LogP contribution in [0, 0.1) is 0 Å². The third-order valence-corrected chi connectivity index (χ3v) is 3.61. The average molecular weight is 282 g/mol. The molecule has 0 fully saturated rings. The van der Waals surface area contributed by atoms with Gasteiger partial charge in [-0.05, 0) is 24.3 Å². The van der Waals surface area contributed by atoms with Crippen molar-refractivity contribution in [3.05, 3.63) is 48.0 Å². The van der Waals surface area contributed by atoms with E-state index in [4.69, 9.17) is 9.47 Å². The predicted molar refractivity (Wildman–Crippen MR) is 78.9 cm³/mol. The fourth-order valence-electron chi connectivity index (χ4n) is 2.59. The molecule has 2 aliphatic heterocycles. The van der Waals surface area contributed by atoms with Crippen LogP contribution >= 0.6 is 0 Å². The van der Waals surface area contributed by atoms with E-state index in [9.17, 15) is 4.79 Å². The Kier molecular flexibility index (Phi) is 2.70. The van der Waals surface area contributed by atoms with Gasteiger partial charge in [0.15, 0.2) is 0 Å². The lowest BCUT2D eigenvalue weighted by atomic mass is 10.0. The fourth-order valence-corrected chi connectivity index (χ4v) is 2.59. The van der Waals surface area contributed by atoms with Crippen molar-refractivity contribution in [3.8, 4) is 11.5 Å². The molecule has 5 heteroatoms. The quantitative estimate of drug-likeness (QED) is 0.844. The maximum Gasteiger partial charge on any atom is 0.270 e. The van der Waals surface area contributed by atoms with Crippen molar-refractivity contribution in [2.24, 2.45) is 0 Å². The summed E-state index contributed by atoms with van der Waals surface area (Å²) in [5, 5.41) is 6.14. The van der Waals surface area contributed by atoms with E-state index < -0.39 is 6.10 Å². The Morgan fingerprint density at radius 3 is 2.90 bits per heavy atom. The van der Waals surface area contributed by atoms with E-state index >= 15 is 0 Å². The maximum absolute atomic E-state index is 12.2. The first-order valence-corrected chi connectivity index (χ1v) is 6.88. The summed E-state index contributed by atoms with van der Waals surface area (Å²) in [5.41, 5.74) is 2.41. The van der Waals surface area contributed by atoms with Gasteiger partial charge in [-0.25, -0.2) is 0 Å². The van der Waals surface area contributed by atoms with Crippen molar-refractivity contribution in [2.75, 3.05) is 23.8 Å². The molecule has 5 nitrogen and oxygen atoms in total. The van der Waals surface area contributed by atoms with Gasteiger partial charge in [-0.15, -0.1) is 0 Å². The minimum atomic E-state index is -0.645. The molecule has 0 spiro atoms. The van der Waals surface area contributed by atoms with Crippen molar-refractivity contribution in [3.63, 3.8) is 0 Å². The molecule has 0 aliphatic carbocycles. The van der Waals surface area contributed by atoms with Crippen LogP contribution in [0.3, 0.4) is 0 Å². The Morgan fingerprint density at radius 1 is 1.05 bits per heavy atom. The van der Waals surface area contributed by atoms with E-state index in [0.717, 1.165) is 23.5 Å². The first-order chi connectivity index (χ1) is 10.3. The van der Waals surface area contributed by atoms with E-state index in [2.05, 4.69) is 10.6 Å². The fraction of sp³-hybridized carbons (Fsp3) is 0.188. The zero-order chi connectivity index (χ0) is 14.2. The van der Waals surface area contributed by atoms with Gasteiger partial charge in [-0.2, -0.15) is 0 Å². The largest absolute Gasteiger partial charge is 0.490 e. The van der Waals surface area contributed by atoms with E-state index in [1.165, 1.54) is 0 Å². The van der Waals surface area contributed by atoms with E-state index in [-0.39, 0.29) is 5.91 Å². The topological polar surface area (TPSA) is 59.6 Å². The number of hydrogen-bond donors (Lipinski definition) is 2. The number of anilines is 2. The molecule has 2 aromatic rings. The van der Waals surface area contributed by atoms with Crippen molar-refractivity contribution in [1.82, 2.24) is 0 Å². The van der Waals surface area contributed by atoms with Crippen LogP contribution < -0.4 is 20.1 Å². The number of rotatable bonds is 1. The van der Waals surface area contributed by atoms with Crippen molar-refractivity contribution in [2.45, 2.75) is 6.10 Å². The van der Waals surface area contributed by atoms with Gasteiger partial charge in [0.05, 0.1) is 11.4 Å². The lowest BCUT2D eigenvalue weighted by Gasteiger charge is -2.27. The van der Waals surface area contributed by atoms with Gasteiger partial charge in [0.25, 0.3) is 5.91 Å². The molecule has 106 valence electrons. The first kappa shape index (κ1) is 12.1. The molecule has 1 atom stereocenters. The van der Waals surface area contributed by atoms with Gasteiger partial charge in [-0.1, -0.05) is 18.2 Å². The third-order valence-electron chi connectivity index (χ3n) is 3.61. The van der Waals surface area contributed by atoms with Gasteiger partial charge in [0.1, 0.15) is 18.1 Å². The molecular weight excluding hydrogens is 268 g/mol. The summed E-state index contributed by atoms with van der Waals surface area (Å²) in [6, 6.07) is 13.1. The number of nitrogens with one attached hydrogen (secondary N) is 2. The molecule has 1 unspecified atom stereocenters. The van der Waals surface area contributed by atoms with Gasteiger partial charge < -0.3 is 20.1 Å². The summed E-state index contributed by atoms with van der Waals surface area (Å²) in [5.74, 6) is 1.33. The van der Waals surface area contributed by atoms with Crippen LogP contribution in [0.4, 0.5) is 11.4 Å². The molecule has 0 saturated carbocycles. The zero-order valence-corrected chi connectivity index (χ0v) is 11.3. The Hall–Kier alpha value is -2.69. The molecule has 2 N–H and O–H groups in total. The SMILES string of the molecule is O=C1Nc2ccccc2OC1c1ccc2c(c1)NCCO2. The number of ether oxygens (including phenoxy) is 2. The molecule has 0 aromatic heterocycles. The van der Waals surface area contributed by atoms with Gasteiger partial charge >= 0.3 is 0 Å². The third kappa shape index (κ3) is 2.07. The van der Waals surface area contributed by atoms with Crippen LogP contribution in [0.1, 0.15) is 11.7 Å². The van der Waals surface area contributed by atoms with E-state index in [0.29, 0.717) is 18.0 Å². The summed E-state index contributed by atoms with van der Waals surface area (Å²) < 4.78 is 11.4. The Labute approximate surface area is 121 Å². The molecule has 2 aliphatic rings. The molecule has 0 radical (unpaired) electrons. The maximum atomic E-state index is 12.2. The monoisotopic (exact) mass is 282 g/mol. The lowest BCUT2D eigenvalue weighted by Crippen LogP contribution is -2.30. The number of benzene rings is 2. The second-order valence-electron chi connectivity index (χ2n) is 5.01. The number of hydrogen-bond acceptors (Lipinski definition) is 4. The van der Waals surface area contributed by atoms with Crippen LogP contribution in [-0.4, -0.2) is 19.1 Å². The predicted octanol–water partition coefficient (Wildman–Crippen LogP) is 2.56. The summed E-state index contributed by atoms with van der Waals surface area (Å²) in [6.45, 7) is 1.41. The summed E-state index contributed by atoms with van der Waals surface area (Å²) >= 11 is 0. The molecule has 2 aromatic carbocycles. The normalized spacial score (nSPS) is 19.2. The minimum Gasteiger partial charge on any atom is -0.490 e. The van der Waals surface area contributed by atoms with Crippen LogP contribution in [0.5, 0.6) is 11.5 Å². The number of fused-ring (bicyclic) bond motifs is 2. The molecule has 0 bridgehead atoms. The second-order valence-corrected chi connectivity index (χ2v) is 5.01. The molecule has 1 amide bonds.